The predicted octanol–water partition coefficient (Wildman–Crippen LogP) is 3.16. The molecule has 1 rings (SSSR count). The second-order valence-electron chi connectivity index (χ2n) is 1.81. The van der Waals surface area contributed by atoms with Crippen LogP contribution in [0.1, 0.15) is 0 Å². The summed E-state index contributed by atoms with van der Waals surface area (Å²) >= 11 is 8.32. The van der Waals surface area contributed by atoms with Gasteiger partial charge in [-0.25, -0.2) is 4.39 Å². The molecule has 0 aromatic heterocycles. The van der Waals surface area contributed by atoms with E-state index in [-0.39, 0.29) is 11.9 Å². The molecule has 4 heteroatoms. The number of halogens is 3. The Bertz CT molecular complexity index is 254. The van der Waals surface area contributed by atoms with Crippen molar-refractivity contribution in [3.63, 3.8) is 0 Å². The van der Waals surface area contributed by atoms with Crippen LogP contribution in [-0.4, -0.2) is 6.07 Å². The van der Waals surface area contributed by atoms with Crippen molar-refractivity contribution in [2.45, 2.75) is 0 Å². The summed E-state index contributed by atoms with van der Waals surface area (Å²) in [4.78, 5) is 0. The first-order chi connectivity index (χ1) is 5.25. The number of ether oxygens (including phenoxy) is 1. The highest BCUT2D eigenvalue weighted by atomic mass is 79.9. The number of rotatable bonds is 2. The summed E-state index contributed by atoms with van der Waals surface area (Å²) in [6, 6.07) is 4.55. The molecule has 0 radical (unpaired) electrons. The van der Waals surface area contributed by atoms with E-state index in [1.807, 2.05) is 0 Å². The van der Waals surface area contributed by atoms with Crippen LogP contribution >= 0.6 is 27.5 Å². The highest BCUT2D eigenvalue weighted by molar-refractivity contribution is 9.10. The van der Waals surface area contributed by atoms with Gasteiger partial charge in [-0.3, -0.25) is 0 Å². The van der Waals surface area contributed by atoms with E-state index in [0.717, 1.165) is 0 Å². The fraction of sp³-hybridized carbons (Fsp3) is 0.143. The van der Waals surface area contributed by atoms with Gasteiger partial charge >= 0.3 is 0 Å². The van der Waals surface area contributed by atoms with Gasteiger partial charge in [0.25, 0.3) is 0 Å². The van der Waals surface area contributed by atoms with E-state index in [4.69, 9.17) is 16.3 Å². The molecule has 0 spiro atoms. The highest BCUT2D eigenvalue weighted by Crippen LogP contribution is 2.27. The second kappa shape index (κ2) is 3.93. The van der Waals surface area contributed by atoms with E-state index in [1.54, 1.807) is 12.1 Å². The Morgan fingerprint density at radius 1 is 1.55 bits per heavy atom. The predicted molar refractivity (Wildman–Crippen MR) is 45.4 cm³/mol. The Morgan fingerprint density at radius 3 is 2.91 bits per heavy atom. The van der Waals surface area contributed by atoms with Gasteiger partial charge in [0.2, 0.25) is 0 Å². The van der Waals surface area contributed by atoms with Crippen molar-refractivity contribution < 1.29 is 9.13 Å². The SMILES string of the molecule is Fc1cccc(OCCl)c1Br. The average molecular weight is 239 g/mol. The third kappa shape index (κ3) is 2.07. The molecule has 0 atom stereocenters. The molecule has 0 aliphatic carbocycles. The molecule has 0 bridgehead atoms. The summed E-state index contributed by atoms with van der Waals surface area (Å²) in [5.41, 5.74) is 0. The Kier molecular flexibility index (Phi) is 3.15. The first kappa shape index (κ1) is 8.81. The molecular formula is C7H5BrClFO. The van der Waals surface area contributed by atoms with Crippen molar-refractivity contribution in [3.05, 3.63) is 28.5 Å². The van der Waals surface area contributed by atoms with Crippen LogP contribution in [0.25, 0.3) is 0 Å². The largest absolute Gasteiger partial charge is 0.477 e. The standard InChI is InChI=1S/C7H5BrClFO/c8-7-5(10)2-1-3-6(7)11-4-9/h1-3H,4H2. The lowest BCUT2D eigenvalue weighted by Gasteiger charge is -2.03. The van der Waals surface area contributed by atoms with Gasteiger partial charge in [0.1, 0.15) is 11.6 Å². The lowest BCUT2D eigenvalue weighted by Crippen LogP contribution is -1.91. The summed E-state index contributed by atoms with van der Waals surface area (Å²) in [6.45, 7) is 0. The van der Waals surface area contributed by atoms with E-state index in [1.165, 1.54) is 6.07 Å². The Morgan fingerprint density at radius 2 is 2.27 bits per heavy atom. The van der Waals surface area contributed by atoms with Crippen molar-refractivity contribution in [2.75, 3.05) is 6.07 Å². The van der Waals surface area contributed by atoms with Crippen LogP contribution in [0.2, 0.25) is 0 Å². The van der Waals surface area contributed by atoms with Crippen molar-refractivity contribution in [1.82, 2.24) is 0 Å². The topological polar surface area (TPSA) is 9.23 Å². The monoisotopic (exact) mass is 238 g/mol. The molecule has 11 heavy (non-hydrogen) atoms. The summed E-state index contributed by atoms with van der Waals surface area (Å²) in [7, 11) is 0. The van der Waals surface area contributed by atoms with Crippen LogP contribution < -0.4 is 4.74 Å². The fourth-order valence-corrected chi connectivity index (χ4v) is 1.15. The van der Waals surface area contributed by atoms with Gasteiger partial charge in [-0.05, 0) is 28.1 Å². The zero-order valence-electron chi connectivity index (χ0n) is 5.48. The van der Waals surface area contributed by atoms with Crippen molar-refractivity contribution in [1.29, 1.82) is 0 Å². The maximum atomic E-state index is 12.7. The van der Waals surface area contributed by atoms with E-state index in [0.29, 0.717) is 10.2 Å². The maximum absolute atomic E-state index is 12.7. The van der Waals surface area contributed by atoms with Crippen LogP contribution in [-0.2, 0) is 0 Å². The van der Waals surface area contributed by atoms with E-state index in [9.17, 15) is 4.39 Å². The molecule has 0 fully saturated rings. The highest BCUT2D eigenvalue weighted by Gasteiger charge is 2.04. The van der Waals surface area contributed by atoms with Gasteiger partial charge in [0.15, 0.2) is 6.07 Å². The molecule has 0 N–H and O–H groups in total. The molecule has 0 heterocycles. The molecule has 0 aliphatic rings. The second-order valence-corrected chi connectivity index (χ2v) is 2.82. The van der Waals surface area contributed by atoms with Gasteiger partial charge in [-0.1, -0.05) is 17.7 Å². The van der Waals surface area contributed by atoms with Gasteiger partial charge in [0, 0.05) is 0 Å². The van der Waals surface area contributed by atoms with Gasteiger partial charge < -0.3 is 4.74 Å². The fourth-order valence-electron chi connectivity index (χ4n) is 0.654. The Balaban J connectivity index is 2.96. The van der Waals surface area contributed by atoms with Gasteiger partial charge in [-0.15, -0.1) is 0 Å². The van der Waals surface area contributed by atoms with Crippen LogP contribution in [0.3, 0.4) is 0 Å². The van der Waals surface area contributed by atoms with Gasteiger partial charge in [-0.2, -0.15) is 0 Å². The molecule has 0 unspecified atom stereocenters. The minimum absolute atomic E-state index is 0.0159. The summed E-state index contributed by atoms with van der Waals surface area (Å²) in [5.74, 6) is 0.0626. The van der Waals surface area contributed by atoms with E-state index >= 15 is 0 Å². The third-order valence-electron chi connectivity index (χ3n) is 1.13. The van der Waals surface area contributed by atoms with Crippen molar-refractivity contribution >= 4 is 27.5 Å². The van der Waals surface area contributed by atoms with Crippen LogP contribution in [0, 0.1) is 5.82 Å². The first-order valence-corrected chi connectivity index (χ1v) is 4.21. The first-order valence-electron chi connectivity index (χ1n) is 2.88. The zero-order chi connectivity index (χ0) is 8.27. The minimum Gasteiger partial charge on any atom is -0.477 e. The lowest BCUT2D eigenvalue weighted by molar-refractivity contribution is 0.382. The van der Waals surface area contributed by atoms with Crippen molar-refractivity contribution in [3.8, 4) is 5.75 Å². The molecule has 1 aromatic carbocycles. The van der Waals surface area contributed by atoms with Crippen LogP contribution in [0.4, 0.5) is 4.39 Å². The summed E-state index contributed by atoms with van der Waals surface area (Å²) in [5, 5.41) is 0. The Labute approximate surface area is 77.2 Å². The molecule has 0 saturated heterocycles. The average Bonchev–Trinajstić information content (AvgIpc) is 1.99. The smallest absolute Gasteiger partial charge is 0.162 e. The molecule has 1 nitrogen and oxygen atoms in total. The number of alkyl halides is 1. The maximum Gasteiger partial charge on any atom is 0.162 e. The molecule has 0 amide bonds. The molecule has 0 aliphatic heterocycles. The zero-order valence-corrected chi connectivity index (χ0v) is 7.82. The molecular weight excluding hydrogens is 234 g/mol. The normalized spacial score (nSPS) is 9.73. The van der Waals surface area contributed by atoms with Crippen molar-refractivity contribution in [2.24, 2.45) is 0 Å². The van der Waals surface area contributed by atoms with Gasteiger partial charge in [0.05, 0.1) is 4.47 Å². The number of hydrogen-bond acceptors (Lipinski definition) is 1. The third-order valence-corrected chi connectivity index (χ3v) is 2.00. The summed E-state index contributed by atoms with van der Waals surface area (Å²) < 4.78 is 17.9. The van der Waals surface area contributed by atoms with Crippen LogP contribution in [0.5, 0.6) is 5.75 Å². The molecule has 60 valence electrons. The van der Waals surface area contributed by atoms with E-state index < -0.39 is 0 Å². The number of benzene rings is 1. The summed E-state index contributed by atoms with van der Waals surface area (Å²) in [6.07, 6.45) is 0. The molecule has 0 saturated carbocycles. The Hall–Kier alpha value is -0.280. The minimum atomic E-state index is -0.354. The molecule has 1 aromatic rings. The van der Waals surface area contributed by atoms with E-state index in [2.05, 4.69) is 15.9 Å². The number of hydrogen-bond donors (Lipinski definition) is 0. The lowest BCUT2D eigenvalue weighted by atomic mass is 10.3. The van der Waals surface area contributed by atoms with Crippen LogP contribution in [0.15, 0.2) is 22.7 Å². The quantitative estimate of drug-likeness (QED) is 0.720.